The molecule has 0 bridgehead atoms. The highest BCUT2D eigenvalue weighted by atomic mass is 16.6. The molecule has 0 saturated carbocycles. The van der Waals surface area contributed by atoms with Crippen molar-refractivity contribution in [1.82, 2.24) is 4.90 Å². The zero-order valence-corrected chi connectivity index (χ0v) is 14.5. The molecule has 2 aromatic rings. The smallest absolute Gasteiger partial charge is 0.161 e. The number of hydrogen-bond donors (Lipinski definition) is 0. The molecule has 0 radical (unpaired) electrons. The van der Waals surface area contributed by atoms with Crippen molar-refractivity contribution in [2.75, 3.05) is 32.9 Å². The molecule has 4 nitrogen and oxygen atoms in total. The maximum Gasteiger partial charge on any atom is 0.161 e. The van der Waals surface area contributed by atoms with Crippen molar-refractivity contribution in [2.45, 2.75) is 25.3 Å². The number of nitrogens with zero attached hydrogens (tertiary/aromatic N) is 1. The van der Waals surface area contributed by atoms with Crippen LogP contribution in [0.1, 0.15) is 30.9 Å². The van der Waals surface area contributed by atoms with Crippen LogP contribution in [0.2, 0.25) is 0 Å². The third-order valence-electron chi connectivity index (χ3n) is 4.92. The second-order valence-electron chi connectivity index (χ2n) is 6.61. The van der Waals surface area contributed by atoms with Crippen LogP contribution in [0.4, 0.5) is 0 Å². The van der Waals surface area contributed by atoms with E-state index in [9.17, 15) is 0 Å². The van der Waals surface area contributed by atoms with Gasteiger partial charge in [0.05, 0.1) is 6.61 Å². The highest BCUT2D eigenvalue weighted by Crippen LogP contribution is 2.38. The van der Waals surface area contributed by atoms with Crippen LogP contribution in [0.3, 0.4) is 0 Å². The van der Waals surface area contributed by atoms with Crippen LogP contribution in [0.15, 0.2) is 48.5 Å². The Morgan fingerprint density at radius 1 is 1.00 bits per heavy atom. The molecule has 4 rings (SSSR count). The van der Waals surface area contributed by atoms with Crippen molar-refractivity contribution in [3.8, 4) is 17.2 Å². The Labute approximate surface area is 149 Å². The summed E-state index contributed by atoms with van der Waals surface area (Å²) in [6.45, 7) is 4.26. The fraction of sp³-hybridized carbons (Fsp3) is 0.429. The summed E-state index contributed by atoms with van der Waals surface area (Å²) in [7, 11) is 0. The summed E-state index contributed by atoms with van der Waals surface area (Å²) in [6, 6.07) is 16.9. The Hall–Kier alpha value is -2.20. The summed E-state index contributed by atoms with van der Waals surface area (Å²) in [5.41, 5.74) is 1.34. The molecule has 2 heterocycles. The van der Waals surface area contributed by atoms with Crippen LogP contribution in [0.25, 0.3) is 0 Å². The summed E-state index contributed by atoms with van der Waals surface area (Å²) in [5.74, 6) is 2.71. The lowest BCUT2D eigenvalue weighted by Crippen LogP contribution is -2.26. The Balaban J connectivity index is 1.33. The number of likely N-dealkylation sites (tertiary alicyclic amines) is 1. The van der Waals surface area contributed by atoms with Crippen molar-refractivity contribution in [2.24, 2.45) is 0 Å². The van der Waals surface area contributed by atoms with Crippen LogP contribution in [-0.2, 0) is 0 Å². The summed E-state index contributed by atoms with van der Waals surface area (Å²) in [4.78, 5) is 2.57. The molecular weight excluding hydrogens is 314 g/mol. The molecule has 0 amide bonds. The van der Waals surface area contributed by atoms with E-state index in [0.717, 1.165) is 43.4 Å². The molecule has 2 aliphatic rings. The Morgan fingerprint density at radius 2 is 1.84 bits per heavy atom. The first kappa shape index (κ1) is 16.3. The minimum absolute atomic E-state index is 0.479. The first-order valence-corrected chi connectivity index (χ1v) is 9.21. The average molecular weight is 339 g/mol. The van der Waals surface area contributed by atoms with Gasteiger partial charge >= 0.3 is 0 Å². The molecule has 4 heteroatoms. The quantitative estimate of drug-likeness (QED) is 0.743. The zero-order chi connectivity index (χ0) is 16.9. The monoisotopic (exact) mass is 339 g/mol. The number of rotatable bonds is 6. The van der Waals surface area contributed by atoms with E-state index in [2.05, 4.69) is 23.1 Å². The Morgan fingerprint density at radius 3 is 2.72 bits per heavy atom. The molecule has 25 heavy (non-hydrogen) atoms. The fourth-order valence-electron chi connectivity index (χ4n) is 3.71. The normalized spacial score (nSPS) is 19.8. The lowest BCUT2D eigenvalue weighted by Gasteiger charge is -2.26. The Kier molecular flexibility index (Phi) is 5.07. The minimum atomic E-state index is 0.479. The van der Waals surface area contributed by atoms with Gasteiger partial charge in [-0.25, -0.2) is 0 Å². The number of hydrogen-bond acceptors (Lipinski definition) is 4. The van der Waals surface area contributed by atoms with E-state index in [1.807, 2.05) is 30.3 Å². The number of ether oxygens (including phenoxy) is 3. The van der Waals surface area contributed by atoms with Crippen LogP contribution >= 0.6 is 0 Å². The first-order valence-electron chi connectivity index (χ1n) is 9.21. The third-order valence-corrected chi connectivity index (χ3v) is 4.92. The molecule has 0 spiro atoms. The van der Waals surface area contributed by atoms with Crippen molar-refractivity contribution in [3.05, 3.63) is 54.1 Å². The maximum absolute atomic E-state index is 5.82. The molecule has 1 unspecified atom stereocenters. The molecule has 1 atom stereocenters. The lowest BCUT2D eigenvalue weighted by molar-refractivity contribution is 0.170. The van der Waals surface area contributed by atoms with E-state index < -0.39 is 0 Å². The molecule has 0 aromatic heterocycles. The van der Waals surface area contributed by atoms with E-state index >= 15 is 0 Å². The molecule has 1 saturated heterocycles. The van der Waals surface area contributed by atoms with Crippen LogP contribution in [-0.4, -0.2) is 37.8 Å². The summed E-state index contributed by atoms with van der Waals surface area (Å²) in [5, 5.41) is 0. The molecule has 0 N–H and O–H groups in total. The van der Waals surface area contributed by atoms with Gasteiger partial charge in [-0.3, -0.25) is 4.90 Å². The van der Waals surface area contributed by atoms with Crippen LogP contribution in [0, 0.1) is 0 Å². The topological polar surface area (TPSA) is 30.9 Å². The predicted octanol–water partition coefficient (Wildman–Crippen LogP) is 4.06. The van der Waals surface area contributed by atoms with E-state index in [4.69, 9.17) is 14.2 Å². The standard InChI is InChI=1S/C21H25NO3/c1-2-6-18(7-3-1)23-13-5-12-22-11-4-8-19(22)17-9-10-20-21(16-17)25-15-14-24-20/h1-3,6-7,9-10,16,19H,4-5,8,11-15H2. The van der Waals surface area contributed by atoms with E-state index in [1.165, 1.54) is 18.4 Å². The van der Waals surface area contributed by atoms with E-state index in [0.29, 0.717) is 19.3 Å². The SMILES string of the molecule is c1ccc(OCCCN2CCCC2c2ccc3c(c2)OCCO3)cc1. The highest BCUT2D eigenvalue weighted by Gasteiger charge is 2.26. The molecule has 1 fully saturated rings. The van der Waals surface area contributed by atoms with Gasteiger partial charge in [0.2, 0.25) is 0 Å². The summed E-state index contributed by atoms with van der Waals surface area (Å²) in [6.07, 6.45) is 3.49. The van der Waals surface area contributed by atoms with Crippen molar-refractivity contribution in [3.63, 3.8) is 0 Å². The van der Waals surface area contributed by atoms with Crippen molar-refractivity contribution < 1.29 is 14.2 Å². The number of para-hydroxylation sites is 1. The summed E-state index contributed by atoms with van der Waals surface area (Å²) >= 11 is 0. The first-order chi connectivity index (χ1) is 12.4. The van der Waals surface area contributed by atoms with Gasteiger partial charge < -0.3 is 14.2 Å². The van der Waals surface area contributed by atoms with Crippen molar-refractivity contribution >= 4 is 0 Å². The van der Waals surface area contributed by atoms with Gasteiger partial charge in [-0.2, -0.15) is 0 Å². The zero-order valence-electron chi connectivity index (χ0n) is 14.5. The maximum atomic E-state index is 5.82. The van der Waals surface area contributed by atoms with Gasteiger partial charge in [0, 0.05) is 12.6 Å². The second-order valence-corrected chi connectivity index (χ2v) is 6.61. The van der Waals surface area contributed by atoms with Crippen LogP contribution in [0.5, 0.6) is 17.2 Å². The number of fused-ring (bicyclic) bond motifs is 1. The fourth-order valence-corrected chi connectivity index (χ4v) is 3.71. The molecule has 2 aromatic carbocycles. The van der Waals surface area contributed by atoms with Crippen LogP contribution < -0.4 is 14.2 Å². The molecule has 132 valence electrons. The molecule has 2 aliphatic heterocycles. The minimum Gasteiger partial charge on any atom is -0.494 e. The summed E-state index contributed by atoms with van der Waals surface area (Å²) < 4.78 is 17.2. The van der Waals surface area contributed by atoms with Gasteiger partial charge in [-0.15, -0.1) is 0 Å². The molecular formula is C21H25NO3. The third kappa shape index (κ3) is 3.90. The average Bonchev–Trinajstić information content (AvgIpc) is 3.14. The number of benzene rings is 2. The van der Waals surface area contributed by atoms with Gasteiger partial charge in [0.15, 0.2) is 11.5 Å². The second kappa shape index (κ2) is 7.79. The highest BCUT2D eigenvalue weighted by molar-refractivity contribution is 5.44. The lowest BCUT2D eigenvalue weighted by atomic mass is 10.0. The predicted molar refractivity (Wildman–Crippen MR) is 97.5 cm³/mol. The van der Waals surface area contributed by atoms with Gasteiger partial charge in [-0.1, -0.05) is 24.3 Å². The van der Waals surface area contributed by atoms with E-state index in [-0.39, 0.29) is 0 Å². The molecule has 0 aliphatic carbocycles. The Bertz CT molecular complexity index is 689. The largest absolute Gasteiger partial charge is 0.494 e. The van der Waals surface area contributed by atoms with Gasteiger partial charge in [0.25, 0.3) is 0 Å². The van der Waals surface area contributed by atoms with Gasteiger partial charge in [0.1, 0.15) is 19.0 Å². The van der Waals surface area contributed by atoms with Gasteiger partial charge in [-0.05, 0) is 55.6 Å². The van der Waals surface area contributed by atoms with Crippen molar-refractivity contribution in [1.29, 1.82) is 0 Å². The van der Waals surface area contributed by atoms with E-state index in [1.54, 1.807) is 0 Å².